The number of aromatic nitrogens is 3. The monoisotopic (exact) mass is 259 g/mol. The number of aryl methyl sites for hydroxylation is 3. The number of carbonyl (C=O) groups is 1. The molecule has 100 valence electrons. The van der Waals surface area contributed by atoms with Gasteiger partial charge in [-0.2, -0.15) is 5.10 Å². The number of hydrogen-bond acceptors (Lipinski definition) is 3. The van der Waals surface area contributed by atoms with Crippen molar-refractivity contribution in [3.05, 3.63) is 41.0 Å². The van der Waals surface area contributed by atoms with Gasteiger partial charge in [-0.05, 0) is 30.7 Å². The smallest absolute Gasteiger partial charge is 0.335 e. The molecule has 0 aliphatic rings. The van der Waals surface area contributed by atoms with Gasteiger partial charge in [-0.25, -0.2) is 14.5 Å². The summed E-state index contributed by atoms with van der Waals surface area (Å²) >= 11 is 0. The average molecular weight is 259 g/mol. The lowest BCUT2D eigenvalue weighted by Gasteiger charge is -2.08. The molecule has 0 radical (unpaired) electrons. The van der Waals surface area contributed by atoms with Gasteiger partial charge in [-0.15, -0.1) is 0 Å². The van der Waals surface area contributed by atoms with E-state index in [1.165, 1.54) is 0 Å². The largest absolute Gasteiger partial charge is 0.478 e. The van der Waals surface area contributed by atoms with Crippen LogP contribution in [0.25, 0.3) is 5.69 Å². The Kier molecular flexibility index (Phi) is 3.64. The normalized spacial score (nSPS) is 10.7. The van der Waals surface area contributed by atoms with Crippen molar-refractivity contribution in [2.75, 3.05) is 0 Å². The summed E-state index contributed by atoms with van der Waals surface area (Å²) in [7, 11) is 0. The summed E-state index contributed by atoms with van der Waals surface area (Å²) < 4.78 is 1.81. The van der Waals surface area contributed by atoms with Crippen molar-refractivity contribution in [1.29, 1.82) is 0 Å². The van der Waals surface area contributed by atoms with E-state index in [1.807, 2.05) is 20.8 Å². The highest BCUT2D eigenvalue weighted by Gasteiger charge is 2.12. The van der Waals surface area contributed by atoms with Crippen molar-refractivity contribution in [1.82, 2.24) is 14.8 Å². The molecule has 2 aromatic rings. The zero-order chi connectivity index (χ0) is 14.0. The Bertz CT molecular complexity index is 617. The molecule has 0 unspecified atom stereocenters. The molecule has 0 fully saturated rings. The van der Waals surface area contributed by atoms with Gasteiger partial charge in [-0.3, -0.25) is 0 Å². The molecule has 1 N–H and O–H groups in total. The van der Waals surface area contributed by atoms with Crippen LogP contribution in [0.5, 0.6) is 0 Å². The SMILES string of the molecule is CCc1nc(CC)n(-c2ccc(C(=O)O)cc2C)n1. The minimum absolute atomic E-state index is 0.287. The predicted molar refractivity (Wildman–Crippen MR) is 71.8 cm³/mol. The highest BCUT2D eigenvalue weighted by Crippen LogP contribution is 2.17. The van der Waals surface area contributed by atoms with Gasteiger partial charge in [0.15, 0.2) is 5.82 Å². The standard InChI is InChI=1S/C14H17N3O2/c1-4-12-15-13(5-2)17(16-12)11-7-6-10(14(18)19)8-9(11)3/h6-8H,4-5H2,1-3H3,(H,18,19). The first-order valence-electron chi connectivity index (χ1n) is 6.36. The maximum absolute atomic E-state index is 10.9. The van der Waals surface area contributed by atoms with Gasteiger partial charge in [-0.1, -0.05) is 13.8 Å². The van der Waals surface area contributed by atoms with Crippen LogP contribution < -0.4 is 0 Å². The predicted octanol–water partition coefficient (Wildman–Crippen LogP) is 2.40. The fourth-order valence-electron chi connectivity index (χ4n) is 1.99. The lowest BCUT2D eigenvalue weighted by molar-refractivity contribution is 0.0697. The van der Waals surface area contributed by atoms with Gasteiger partial charge in [0.2, 0.25) is 0 Å². The summed E-state index contributed by atoms with van der Waals surface area (Å²) in [4.78, 5) is 15.4. The highest BCUT2D eigenvalue weighted by molar-refractivity contribution is 5.88. The molecule has 0 saturated heterocycles. The molecule has 0 aliphatic heterocycles. The van der Waals surface area contributed by atoms with E-state index >= 15 is 0 Å². The lowest BCUT2D eigenvalue weighted by atomic mass is 10.1. The summed E-state index contributed by atoms with van der Waals surface area (Å²) in [5.74, 6) is 0.778. The van der Waals surface area contributed by atoms with Crippen LogP contribution >= 0.6 is 0 Å². The third-order valence-corrected chi connectivity index (χ3v) is 3.02. The fourth-order valence-corrected chi connectivity index (χ4v) is 1.99. The molecular weight excluding hydrogens is 242 g/mol. The van der Waals surface area contributed by atoms with Gasteiger partial charge >= 0.3 is 5.97 Å². The Morgan fingerprint density at radius 1 is 1.32 bits per heavy atom. The quantitative estimate of drug-likeness (QED) is 0.915. The molecule has 0 aliphatic carbocycles. The van der Waals surface area contributed by atoms with E-state index in [0.29, 0.717) is 0 Å². The molecule has 0 amide bonds. The summed E-state index contributed by atoms with van der Waals surface area (Å²) in [5.41, 5.74) is 2.05. The Labute approximate surface area is 111 Å². The molecule has 5 heteroatoms. The first kappa shape index (κ1) is 13.3. The Balaban J connectivity index is 2.52. The molecule has 1 heterocycles. The van der Waals surface area contributed by atoms with Crippen LogP contribution in [0.15, 0.2) is 18.2 Å². The van der Waals surface area contributed by atoms with Gasteiger partial charge in [0.1, 0.15) is 5.82 Å². The lowest BCUT2D eigenvalue weighted by Crippen LogP contribution is -2.06. The van der Waals surface area contributed by atoms with Crippen LogP contribution in [0, 0.1) is 6.92 Å². The number of benzene rings is 1. The maximum atomic E-state index is 10.9. The van der Waals surface area contributed by atoms with E-state index in [0.717, 1.165) is 35.7 Å². The number of carboxylic acids is 1. The molecule has 0 bridgehead atoms. The first-order valence-corrected chi connectivity index (χ1v) is 6.36. The molecule has 1 aromatic heterocycles. The zero-order valence-electron chi connectivity index (χ0n) is 11.3. The molecule has 0 atom stereocenters. The number of aromatic carboxylic acids is 1. The highest BCUT2D eigenvalue weighted by atomic mass is 16.4. The molecule has 0 saturated carbocycles. The van der Waals surface area contributed by atoms with Crippen LogP contribution in [0.3, 0.4) is 0 Å². The van der Waals surface area contributed by atoms with Crippen LogP contribution in [0.4, 0.5) is 0 Å². The minimum atomic E-state index is -0.918. The van der Waals surface area contributed by atoms with Gasteiger partial charge in [0.25, 0.3) is 0 Å². The second-order valence-electron chi connectivity index (χ2n) is 4.37. The summed E-state index contributed by atoms with van der Waals surface area (Å²) in [6.45, 7) is 5.93. The van der Waals surface area contributed by atoms with E-state index in [2.05, 4.69) is 10.1 Å². The summed E-state index contributed by atoms with van der Waals surface area (Å²) in [5, 5.41) is 13.4. The van der Waals surface area contributed by atoms with Crippen molar-refractivity contribution in [2.24, 2.45) is 0 Å². The summed E-state index contributed by atoms with van der Waals surface area (Å²) in [6, 6.07) is 5.04. The molecule has 5 nitrogen and oxygen atoms in total. The molecule has 2 rings (SSSR count). The van der Waals surface area contributed by atoms with E-state index in [9.17, 15) is 4.79 Å². The number of rotatable bonds is 4. The topological polar surface area (TPSA) is 68.0 Å². The van der Waals surface area contributed by atoms with Crippen LogP contribution in [0.1, 0.15) is 41.4 Å². The van der Waals surface area contributed by atoms with Crippen molar-refractivity contribution in [2.45, 2.75) is 33.6 Å². The second-order valence-corrected chi connectivity index (χ2v) is 4.37. The minimum Gasteiger partial charge on any atom is -0.478 e. The van der Waals surface area contributed by atoms with Gasteiger partial charge < -0.3 is 5.11 Å². The van der Waals surface area contributed by atoms with Crippen molar-refractivity contribution in [3.63, 3.8) is 0 Å². The number of nitrogens with zero attached hydrogens (tertiary/aromatic N) is 3. The Hall–Kier alpha value is -2.17. The number of hydrogen-bond donors (Lipinski definition) is 1. The molecule has 19 heavy (non-hydrogen) atoms. The van der Waals surface area contributed by atoms with E-state index in [1.54, 1.807) is 22.9 Å². The van der Waals surface area contributed by atoms with Crippen LogP contribution in [-0.4, -0.2) is 25.8 Å². The van der Waals surface area contributed by atoms with Crippen molar-refractivity contribution >= 4 is 5.97 Å². The molecule has 1 aromatic carbocycles. The van der Waals surface area contributed by atoms with E-state index in [4.69, 9.17) is 5.11 Å². The van der Waals surface area contributed by atoms with Gasteiger partial charge in [0, 0.05) is 12.8 Å². The van der Waals surface area contributed by atoms with Crippen molar-refractivity contribution < 1.29 is 9.90 Å². The summed E-state index contributed by atoms with van der Waals surface area (Å²) in [6.07, 6.45) is 1.57. The third-order valence-electron chi connectivity index (χ3n) is 3.02. The fraction of sp³-hybridized carbons (Fsp3) is 0.357. The Morgan fingerprint density at radius 2 is 2.05 bits per heavy atom. The molecule has 0 spiro atoms. The second kappa shape index (κ2) is 5.22. The molecular formula is C14H17N3O2. The van der Waals surface area contributed by atoms with Crippen LogP contribution in [0.2, 0.25) is 0 Å². The van der Waals surface area contributed by atoms with Crippen molar-refractivity contribution in [3.8, 4) is 5.69 Å². The van der Waals surface area contributed by atoms with Crippen LogP contribution in [-0.2, 0) is 12.8 Å². The zero-order valence-corrected chi connectivity index (χ0v) is 11.3. The average Bonchev–Trinajstić information content (AvgIpc) is 2.81. The van der Waals surface area contributed by atoms with E-state index < -0.39 is 5.97 Å². The van der Waals surface area contributed by atoms with E-state index in [-0.39, 0.29) is 5.56 Å². The Morgan fingerprint density at radius 3 is 2.58 bits per heavy atom. The third kappa shape index (κ3) is 2.50. The first-order chi connectivity index (χ1) is 9.06. The maximum Gasteiger partial charge on any atom is 0.335 e. The van der Waals surface area contributed by atoms with Gasteiger partial charge in [0.05, 0.1) is 11.3 Å². The number of carboxylic acid groups (broad SMARTS) is 1.